The van der Waals surface area contributed by atoms with Crippen molar-refractivity contribution in [2.24, 2.45) is 0 Å². The first kappa shape index (κ1) is 35.0. The van der Waals surface area contributed by atoms with Crippen molar-refractivity contribution in [2.75, 3.05) is 0 Å². The summed E-state index contributed by atoms with van der Waals surface area (Å²) in [6, 6.07) is 86.7. The molecule has 12 rings (SSSR count). The summed E-state index contributed by atoms with van der Waals surface area (Å²) in [6.45, 7) is 0. The van der Waals surface area contributed by atoms with Crippen LogP contribution in [-0.4, -0.2) is 4.57 Å². The Bertz CT molecular complexity index is 3550. The SMILES string of the molecule is c1ccc(-c2cccc(-c3ccc4c(c3)c3ccccc3n4-c3ccc(-c4c5ccccc5c(-c5ccc(-c6cccc7ccccc67)cc5)c5ccccc45)cc3)c2)cc1. The van der Waals surface area contributed by atoms with Crippen molar-refractivity contribution >= 4 is 54.1 Å². The van der Waals surface area contributed by atoms with Crippen LogP contribution in [0.25, 0.3) is 115 Å². The van der Waals surface area contributed by atoms with E-state index in [0.29, 0.717) is 0 Å². The summed E-state index contributed by atoms with van der Waals surface area (Å²) in [5, 5.41) is 10.1. The second-order valence-electron chi connectivity index (χ2n) is 16.0. The highest BCUT2D eigenvalue weighted by molar-refractivity contribution is 6.21. The molecule has 0 bridgehead atoms. The van der Waals surface area contributed by atoms with Gasteiger partial charge in [0.15, 0.2) is 0 Å². The Morgan fingerprint density at radius 3 is 1.34 bits per heavy atom. The second kappa shape index (κ2) is 14.4. The van der Waals surface area contributed by atoms with Gasteiger partial charge < -0.3 is 4.57 Å². The van der Waals surface area contributed by atoms with E-state index in [0.717, 1.165) is 5.69 Å². The number of hydrogen-bond acceptors (Lipinski definition) is 0. The van der Waals surface area contributed by atoms with E-state index in [-0.39, 0.29) is 0 Å². The van der Waals surface area contributed by atoms with E-state index < -0.39 is 0 Å². The summed E-state index contributed by atoms with van der Waals surface area (Å²) in [6.07, 6.45) is 0. The van der Waals surface area contributed by atoms with Crippen LogP contribution in [0.5, 0.6) is 0 Å². The molecule has 1 aromatic heterocycles. The van der Waals surface area contributed by atoms with Gasteiger partial charge in [-0.1, -0.05) is 200 Å². The second-order valence-corrected chi connectivity index (χ2v) is 16.0. The first-order chi connectivity index (χ1) is 30.3. The predicted molar refractivity (Wildman–Crippen MR) is 260 cm³/mol. The van der Waals surface area contributed by atoms with Crippen LogP contribution in [0, 0.1) is 0 Å². The lowest BCUT2D eigenvalue weighted by molar-refractivity contribution is 1.18. The van der Waals surface area contributed by atoms with Crippen LogP contribution in [0.4, 0.5) is 0 Å². The summed E-state index contributed by atoms with van der Waals surface area (Å²) in [4.78, 5) is 0. The Morgan fingerprint density at radius 2 is 0.672 bits per heavy atom. The van der Waals surface area contributed by atoms with E-state index in [1.165, 1.54) is 110 Å². The lowest BCUT2D eigenvalue weighted by atomic mass is 9.85. The van der Waals surface area contributed by atoms with E-state index in [1.807, 2.05) is 0 Å². The van der Waals surface area contributed by atoms with Gasteiger partial charge in [-0.25, -0.2) is 0 Å². The molecule has 0 aliphatic rings. The van der Waals surface area contributed by atoms with Gasteiger partial charge in [-0.05, 0) is 124 Å². The molecule has 12 aromatic rings. The van der Waals surface area contributed by atoms with Gasteiger partial charge in [0.25, 0.3) is 0 Å². The molecule has 0 N–H and O–H groups in total. The molecule has 1 heteroatoms. The number of para-hydroxylation sites is 1. The van der Waals surface area contributed by atoms with Crippen LogP contribution >= 0.6 is 0 Å². The molecule has 0 saturated heterocycles. The molecule has 0 saturated carbocycles. The zero-order valence-corrected chi connectivity index (χ0v) is 33.5. The highest BCUT2D eigenvalue weighted by Crippen LogP contribution is 2.45. The van der Waals surface area contributed by atoms with Gasteiger partial charge in [0.05, 0.1) is 11.0 Å². The van der Waals surface area contributed by atoms with E-state index in [1.54, 1.807) is 0 Å². The first-order valence-electron chi connectivity index (χ1n) is 21.1. The maximum atomic E-state index is 2.42. The van der Waals surface area contributed by atoms with Crippen molar-refractivity contribution in [3.8, 4) is 61.3 Å². The van der Waals surface area contributed by atoms with E-state index in [4.69, 9.17) is 0 Å². The standard InChI is InChI=1S/C60H39N/c1-2-14-40(15-3-1)45-18-12-19-46(38-45)47-34-37-58-56(39-47)51-21-10-11-27-57(51)61(58)48-35-32-44(33-36-48)60-54-24-8-6-22-52(54)59(53-23-7-9-25-55(53)60)43-30-28-42(29-31-43)50-26-13-17-41-16-4-5-20-49(41)50/h1-39H. The third-order valence-electron chi connectivity index (χ3n) is 12.6. The normalized spacial score (nSPS) is 11.6. The minimum absolute atomic E-state index is 1.14. The fourth-order valence-electron chi connectivity index (χ4n) is 9.76. The average Bonchev–Trinajstić information content (AvgIpc) is 3.67. The molecule has 0 atom stereocenters. The average molecular weight is 774 g/mol. The van der Waals surface area contributed by atoms with Crippen molar-refractivity contribution in [2.45, 2.75) is 0 Å². The lowest BCUT2D eigenvalue weighted by Gasteiger charge is -2.18. The highest BCUT2D eigenvalue weighted by Gasteiger charge is 2.18. The third-order valence-corrected chi connectivity index (χ3v) is 12.6. The largest absolute Gasteiger partial charge is 0.309 e. The molecule has 0 amide bonds. The number of hydrogen-bond donors (Lipinski definition) is 0. The minimum Gasteiger partial charge on any atom is -0.309 e. The molecule has 1 nitrogen and oxygen atoms in total. The number of aromatic nitrogens is 1. The zero-order chi connectivity index (χ0) is 40.3. The summed E-state index contributed by atoms with van der Waals surface area (Å²) >= 11 is 0. The van der Waals surface area contributed by atoms with Crippen molar-refractivity contribution in [1.82, 2.24) is 4.57 Å². The maximum Gasteiger partial charge on any atom is 0.0541 e. The Balaban J connectivity index is 0.956. The molecule has 0 aliphatic heterocycles. The first-order valence-corrected chi connectivity index (χ1v) is 21.1. The Labute approximate surface area is 355 Å². The molecule has 61 heavy (non-hydrogen) atoms. The Kier molecular flexibility index (Phi) is 8.25. The van der Waals surface area contributed by atoms with E-state index >= 15 is 0 Å². The summed E-state index contributed by atoms with van der Waals surface area (Å²) in [5.74, 6) is 0. The van der Waals surface area contributed by atoms with Gasteiger partial charge in [-0.2, -0.15) is 0 Å². The van der Waals surface area contributed by atoms with Crippen LogP contribution in [0.2, 0.25) is 0 Å². The molecular formula is C60H39N. The molecular weight excluding hydrogens is 735 g/mol. The van der Waals surface area contributed by atoms with Crippen molar-refractivity contribution in [1.29, 1.82) is 0 Å². The Hall–Kier alpha value is -8.00. The molecule has 11 aromatic carbocycles. The Morgan fingerprint density at radius 1 is 0.230 bits per heavy atom. The molecule has 284 valence electrons. The van der Waals surface area contributed by atoms with Crippen LogP contribution in [-0.2, 0) is 0 Å². The smallest absolute Gasteiger partial charge is 0.0541 e. The third kappa shape index (κ3) is 5.86. The molecule has 0 fully saturated rings. The van der Waals surface area contributed by atoms with Gasteiger partial charge in [0.2, 0.25) is 0 Å². The highest BCUT2D eigenvalue weighted by atomic mass is 15.0. The van der Waals surface area contributed by atoms with E-state index in [2.05, 4.69) is 241 Å². The van der Waals surface area contributed by atoms with Crippen molar-refractivity contribution < 1.29 is 0 Å². The topological polar surface area (TPSA) is 4.93 Å². The van der Waals surface area contributed by atoms with Gasteiger partial charge >= 0.3 is 0 Å². The lowest BCUT2D eigenvalue weighted by Crippen LogP contribution is -1.95. The number of benzene rings is 11. The fraction of sp³-hybridized carbons (Fsp3) is 0. The molecule has 1 heterocycles. The summed E-state index contributed by atoms with van der Waals surface area (Å²) in [5.41, 5.74) is 15.9. The molecule has 0 spiro atoms. The van der Waals surface area contributed by atoms with Crippen LogP contribution < -0.4 is 0 Å². The van der Waals surface area contributed by atoms with E-state index in [9.17, 15) is 0 Å². The van der Waals surface area contributed by atoms with Gasteiger partial charge in [0.1, 0.15) is 0 Å². The van der Waals surface area contributed by atoms with Crippen LogP contribution in [0.1, 0.15) is 0 Å². The monoisotopic (exact) mass is 773 g/mol. The van der Waals surface area contributed by atoms with Crippen LogP contribution in [0.3, 0.4) is 0 Å². The molecule has 0 aliphatic carbocycles. The van der Waals surface area contributed by atoms with Crippen LogP contribution in [0.15, 0.2) is 237 Å². The maximum absolute atomic E-state index is 2.42. The molecule has 0 radical (unpaired) electrons. The van der Waals surface area contributed by atoms with Crippen molar-refractivity contribution in [3.63, 3.8) is 0 Å². The van der Waals surface area contributed by atoms with Gasteiger partial charge in [-0.3, -0.25) is 0 Å². The van der Waals surface area contributed by atoms with Crippen molar-refractivity contribution in [3.05, 3.63) is 237 Å². The fourth-order valence-corrected chi connectivity index (χ4v) is 9.76. The summed E-state index contributed by atoms with van der Waals surface area (Å²) < 4.78 is 2.42. The number of rotatable bonds is 6. The number of nitrogens with zero attached hydrogens (tertiary/aromatic N) is 1. The van der Waals surface area contributed by atoms with Gasteiger partial charge in [0, 0.05) is 16.5 Å². The number of fused-ring (bicyclic) bond motifs is 6. The zero-order valence-electron chi connectivity index (χ0n) is 33.5. The summed E-state index contributed by atoms with van der Waals surface area (Å²) in [7, 11) is 0. The van der Waals surface area contributed by atoms with Gasteiger partial charge in [-0.15, -0.1) is 0 Å². The predicted octanol–water partition coefficient (Wildman–Crippen LogP) is 16.6. The quantitative estimate of drug-likeness (QED) is 0.148. The molecule has 0 unspecified atom stereocenters. The minimum atomic E-state index is 1.14.